The highest BCUT2D eigenvalue weighted by molar-refractivity contribution is 5.75. The van der Waals surface area contributed by atoms with Crippen molar-refractivity contribution in [2.75, 3.05) is 20.1 Å². The van der Waals surface area contributed by atoms with Gasteiger partial charge in [-0.05, 0) is 19.3 Å². The summed E-state index contributed by atoms with van der Waals surface area (Å²) in [7, 11) is 1.58. The summed E-state index contributed by atoms with van der Waals surface area (Å²) in [6, 6.07) is -0.115. The predicted molar refractivity (Wildman–Crippen MR) is 56.6 cm³/mol. The minimum atomic E-state index is -0.166. The van der Waals surface area contributed by atoms with Crippen LogP contribution in [0.15, 0.2) is 0 Å². The summed E-state index contributed by atoms with van der Waals surface area (Å²) in [5, 5.41) is 10.7. The molecule has 2 atom stereocenters. The van der Waals surface area contributed by atoms with Crippen LogP contribution in [0.2, 0.25) is 0 Å². The van der Waals surface area contributed by atoms with Crippen LogP contribution in [0.25, 0.3) is 0 Å². The maximum Gasteiger partial charge on any atom is 0.314 e. The number of amides is 4. The van der Waals surface area contributed by atoms with E-state index in [4.69, 9.17) is 0 Å². The zero-order chi connectivity index (χ0) is 11.3. The minimum Gasteiger partial charge on any atom is -0.341 e. The second-order valence-corrected chi connectivity index (χ2v) is 3.57. The van der Waals surface area contributed by atoms with Gasteiger partial charge in [-0.25, -0.2) is 9.59 Å². The first-order chi connectivity index (χ1) is 7.17. The van der Waals surface area contributed by atoms with E-state index in [-0.39, 0.29) is 18.1 Å². The van der Waals surface area contributed by atoms with Gasteiger partial charge in [-0.2, -0.15) is 0 Å². The van der Waals surface area contributed by atoms with Gasteiger partial charge in [0.15, 0.2) is 0 Å². The van der Waals surface area contributed by atoms with Crippen LogP contribution in [-0.4, -0.2) is 38.2 Å². The molecule has 4 amide bonds. The summed E-state index contributed by atoms with van der Waals surface area (Å²) in [6.07, 6.45) is 0.930. The lowest BCUT2D eigenvalue weighted by Gasteiger charge is -2.06. The van der Waals surface area contributed by atoms with Gasteiger partial charge in [-0.1, -0.05) is 0 Å². The van der Waals surface area contributed by atoms with Crippen molar-refractivity contribution in [2.24, 2.45) is 5.92 Å². The van der Waals surface area contributed by atoms with E-state index < -0.39 is 0 Å². The first-order valence-corrected chi connectivity index (χ1v) is 5.17. The van der Waals surface area contributed by atoms with Crippen LogP contribution in [0.3, 0.4) is 0 Å². The van der Waals surface area contributed by atoms with E-state index in [2.05, 4.69) is 21.3 Å². The summed E-state index contributed by atoms with van der Waals surface area (Å²) in [5.41, 5.74) is 0. The lowest BCUT2D eigenvalue weighted by atomic mass is 10.4. The standard InChI is InChI=1S/C9H18N4O2/c1-3-11-9(15)12-5-6-4-7(6)13-8(14)10-2/h6-7H,3-5H2,1-2H3,(H2,10,13,14)(H2,11,12,15). The van der Waals surface area contributed by atoms with Crippen molar-refractivity contribution in [3.63, 3.8) is 0 Å². The Morgan fingerprint density at radius 1 is 1.27 bits per heavy atom. The van der Waals surface area contributed by atoms with Crippen LogP contribution in [0.4, 0.5) is 9.59 Å². The molecule has 0 aliphatic heterocycles. The molecular weight excluding hydrogens is 196 g/mol. The molecule has 15 heavy (non-hydrogen) atoms. The number of nitrogens with one attached hydrogen (secondary N) is 4. The molecule has 6 nitrogen and oxygen atoms in total. The average molecular weight is 214 g/mol. The zero-order valence-corrected chi connectivity index (χ0v) is 9.09. The van der Waals surface area contributed by atoms with Crippen LogP contribution >= 0.6 is 0 Å². The van der Waals surface area contributed by atoms with Crippen molar-refractivity contribution in [1.82, 2.24) is 21.3 Å². The summed E-state index contributed by atoms with van der Waals surface area (Å²) in [6.45, 7) is 3.10. The normalized spacial score (nSPS) is 22.8. The third-order valence-electron chi connectivity index (χ3n) is 2.33. The number of carbonyl (C=O) groups is 2. The van der Waals surface area contributed by atoms with Gasteiger partial charge < -0.3 is 21.3 Å². The molecule has 0 aromatic carbocycles. The number of rotatable bonds is 4. The van der Waals surface area contributed by atoms with Gasteiger partial charge in [-0.15, -0.1) is 0 Å². The molecule has 0 spiro atoms. The Balaban J connectivity index is 2.06. The Hall–Kier alpha value is -1.46. The van der Waals surface area contributed by atoms with Gasteiger partial charge in [0, 0.05) is 26.2 Å². The van der Waals surface area contributed by atoms with E-state index in [9.17, 15) is 9.59 Å². The van der Waals surface area contributed by atoms with E-state index in [0.717, 1.165) is 6.42 Å². The van der Waals surface area contributed by atoms with E-state index in [0.29, 0.717) is 19.0 Å². The maximum absolute atomic E-state index is 11.0. The smallest absolute Gasteiger partial charge is 0.314 e. The van der Waals surface area contributed by atoms with Gasteiger partial charge >= 0.3 is 12.1 Å². The van der Waals surface area contributed by atoms with Crippen molar-refractivity contribution in [3.05, 3.63) is 0 Å². The van der Waals surface area contributed by atoms with E-state index in [1.54, 1.807) is 7.05 Å². The quantitative estimate of drug-likeness (QED) is 0.514. The third kappa shape index (κ3) is 4.05. The topological polar surface area (TPSA) is 82.3 Å². The zero-order valence-electron chi connectivity index (χ0n) is 9.09. The van der Waals surface area contributed by atoms with Crippen LogP contribution < -0.4 is 21.3 Å². The molecule has 4 N–H and O–H groups in total. The highest BCUT2D eigenvalue weighted by atomic mass is 16.2. The summed E-state index contributed by atoms with van der Waals surface area (Å²) >= 11 is 0. The minimum absolute atomic E-state index is 0.150. The van der Waals surface area contributed by atoms with Gasteiger partial charge in [0.1, 0.15) is 0 Å². The molecule has 86 valence electrons. The second-order valence-electron chi connectivity index (χ2n) is 3.57. The molecule has 1 rings (SSSR count). The van der Waals surface area contributed by atoms with Crippen molar-refractivity contribution in [3.8, 4) is 0 Å². The molecular formula is C9H18N4O2. The number of hydrogen-bond acceptors (Lipinski definition) is 2. The predicted octanol–water partition coefficient (Wildman–Crippen LogP) is -0.377. The van der Waals surface area contributed by atoms with Crippen LogP contribution in [-0.2, 0) is 0 Å². The average Bonchev–Trinajstić information content (AvgIpc) is 2.94. The molecule has 1 fully saturated rings. The van der Waals surface area contributed by atoms with Gasteiger partial charge in [-0.3, -0.25) is 0 Å². The Morgan fingerprint density at radius 2 is 2.00 bits per heavy atom. The molecule has 1 aliphatic rings. The van der Waals surface area contributed by atoms with Gasteiger partial charge in [0.2, 0.25) is 0 Å². The second kappa shape index (κ2) is 5.43. The van der Waals surface area contributed by atoms with Crippen LogP contribution in [0.1, 0.15) is 13.3 Å². The molecule has 0 aromatic rings. The lowest BCUT2D eigenvalue weighted by molar-refractivity contribution is 0.240. The van der Waals surface area contributed by atoms with E-state index in [1.165, 1.54) is 0 Å². The maximum atomic E-state index is 11.0. The molecule has 2 unspecified atom stereocenters. The molecule has 1 saturated carbocycles. The summed E-state index contributed by atoms with van der Waals surface area (Å²) in [4.78, 5) is 22.0. The highest BCUT2D eigenvalue weighted by Crippen LogP contribution is 2.29. The fraction of sp³-hybridized carbons (Fsp3) is 0.778. The Kier molecular flexibility index (Phi) is 4.20. The van der Waals surface area contributed by atoms with Gasteiger partial charge in [0.25, 0.3) is 0 Å². The summed E-state index contributed by atoms with van der Waals surface area (Å²) < 4.78 is 0. The highest BCUT2D eigenvalue weighted by Gasteiger charge is 2.38. The first-order valence-electron chi connectivity index (χ1n) is 5.17. The lowest BCUT2D eigenvalue weighted by Crippen LogP contribution is -2.39. The molecule has 0 aromatic heterocycles. The molecule has 1 aliphatic carbocycles. The Bertz CT molecular complexity index is 244. The third-order valence-corrected chi connectivity index (χ3v) is 2.33. The molecule has 0 saturated heterocycles. The van der Waals surface area contributed by atoms with Gasteiger partial charge in [0.05, 0.1) is 0 Å². The monoisotopic (exact) mass is 214 g/mol. The Morgan fingerprint density at radius 3 is 2.60 bits per heavy atom. The van der Waals surface area contributed by atoms with E-state index in [1.807, 2.05) is 6.92 Å². The fourth-order valence-corrected chi connectivity index (χ4v) is 1.34. The van der Waals surface area contributed by atoms with E-state index >= 15 is 0 Å². The van der Waals surface area contributed by atoms with Crippen LogP contribution in [0.5, 0.6) is 0 Å². The SMILES string of the molecule is CCNC(=O)NCC1CC1NC(=O)NC. The fourth-order valence-electron chi connectivity index (χ4n) is 1.34. The molecule has 6 heteroatoms. The molecule has 0 heterocycles. The van der Waals surface area contributed by atoms with Crippen molar-refractivity contribution in [1.29, 1.82) is 0 Å². The Labute approximate surface area is 89.2 Å². The number of carbonyl (C=O) groups excluding carboxylic acids is 2. The largest absolute Gasteiger partial charge is 0.341 e. The van der Waals surface area contributed by atoms with Crippen molar-refractivity contribution in [2.45, 2.75) is 19.4 Å². The first kappa shape index (κ1) is 11.6. The number of hydrogen-bond donors (Lipinski definition) is 4. The number of urea groups is 2. The molecule has 0 bridgehead atoms. The molecule has 0 radical (unpaired) electrons. The van der Waals surface area contributed by atoms with Crippen molar-refractivity contribution < 1.29 is 9.59 Å². The van der Waals surface area contributed by atoms with Crippen molar-refractivity contribution >= 4 is 12.1 Å². The summed E-state index contributed by atoms with van der Waals surface area (Å²) in [5.74, 6) is 0.366. The van der Waals surface area contributed by atoms with Crippen LogP contribution in [0, 0.1) is 5.92 Å².